The predicted octanol–water partition coefficient (Wildman–Crippen LogP) is 4.83. The van der Waals surface area contributed by atoms with E-state index in [9.17, 15) is 0 Å². The summed E-state index contributed by atoms with van der Waals surface area (Å²) < 4.78 is 1.90. The molecule has 0 aliphatic heterocycles. The predicted molar refractivity (Wildman–Crippen MR) is 120 cm³/mol. The zero-order chi connectivity index (χ0) is 20.8. The maximum Gasteiger partial charge on any atom is 0.205 e. The molecule has 30 heavy (non-hydrogen) atoms. The van der Waals surface area contributed by atoms with Crippen molar-refractivity contribution in [1.29, 1.82) is 0 Å². The second kappa shape index (κ2) is 9.58. The van der Waals surface area contributed by atoms with Crippen LogP contribution in [0.2, 0.25) is 0 Å². The van der Waals surface area contributed by atoms with Crippen LogP contribution in [0.15, 0.2) is 48.5 Å². The fourth-order valence-corrected chi connectivity index (χ4v) is 3.91. The molecule has 2 aromatic carbocycles. The molecule has 0 aliphatic carbocycles. The summed E-state index contributed by atoms with van der Waals surface area (Å²) in [7, 11) is 0. The molecule has 2 aromatic heterocycles. The summed E-state index contributed by atoms with van der Waals surface area (Å²) in [6.07, 6.45) is 3.07. The number of tetrazole rings is 1. The number of nitrogens with zero attached hydrogens (tertiary/aromatic N) is 6. The number of nitrogens with one attached hydrogen (secondary N) is 1. The smallest absolute Gasteiger partial charge is 0.205 e. The van der Waals surface area contributed by atoms with Crippen LogP contribution in [0.5, 0.6) is 0 Å². The Hall–Kier alpha value is -3.13. The largest absolute Gasteiger partial charge is 0.356 e. The first-order valence-electron chi connectivity index (χ1n) is 10.3. The summed E-state index contributed by atoms with van der Waals surface area (Å²) in [4.78, 5) is 0. The molecule has 1 N–H and O–H groups in total. The van der Waals surface area contributed by atoms with Crippen molar-refractivity contribution in [1.82, 2.24) is 30.4 Å². The average Bonchev–Trinajstić information content (AvgIpc) is 3.46. The second-order valence-electron chi connectivity index (χ2n) is 7.03. The highest BCUT2D eigenvalue weighted by Gasteiger charge is 2.14. The molecule has 0 aliphatic rings. The molecule has 154 valence electrons. The van der Waals surface area contributed by atoms with E-state index in [2.05, 4.69) is 87.4 Å². The molecule has 0 fully saturated rings. The molecule has 0 radical (unpaired) electrons. The SMILES string of the molecule is CCCCn1nnnc1-c1ccccc1-c1ccc(CNc2nnc(CC)s2)cc1. The van der Waals surface area contributed by atoms with Crippen molar-refractivity contribution in [3.63, 3.8) is 0 Å². The minimum atomic E-state index is 0.718. The first kappa shape index (κ1) is 20.2. The van der Waals surface area contributed by atoms with Gasteiger partial charge in [0, 0.05) is 18.7 Å². The molecule has 0 unspecified atom stereocenters. The van der Waals surface area contributed by atoms with Crippen molar-refractivity contribution >= 4 is 16.5 Å². The van der Waals surface area contributed by atoms with Gasteiger partial charge in [-0.05, 0) is 40.0 Å². The molecule has 4 aromatic rings. The number of benzene rings is 2. The zero-order valence-corrected chi connectivity index (χ0v) is 18.1. The Morgan fingerprint density at radius 1 is 0.933 bits per heavy atom. The summed E-state index contributed by atoms with van der Waals surface area (Å²) in [6, 6.07) is 16.9. The van der Waals surface area contributed by atoms with Crippen molar-refractivity contribution in [2.45, 2.75) is 46.2 Å². The normalized spacial score (nSPS) is 11.0. The van der Waals surface area contributed by atoms with Gasteiger partial charge in [-0.25, -0.2) is 4.68 Å². The Bertz CT molecular complexity index is 1080. The molecule has 7 nitrogen and oxygen atoms in total. The van der Waals surface area contributed by atoms with E-state index in [0.29, 0.717) is 0 Å². The number of hydrogen-bond donors (Lipinski definition) is 1. The van der Waals surface area contributed by atoms with Crippen LogP contribution in [-0.4, -0.2) is 30.4 Å². The van der Waals surface area contributed by atoms with E-state index >= 15 is 0 Å². The molecule has 4 rings (SSSR count). The van der Waals surface area contributed by atoms with Crippen LogP contribution in [-0.2, 0) is 19.5 Å². The molecule has 0 saturated carbocycles. The third kappa shape index (κ3) is 4.54. The van der Waals surface area contributed by atoms with Crippen molar-refractivity contribution in [2.75, 3.05) is 5.32 Å². The van der Waals surface area contributed by atoms with E-state index in [1.54, 1.807) is 11.3 Å². The molecule has 0 amide bonds. The van der Waals surface area contributed by atoms with Crippen molar-refractivity contribution in [3.8, 4) is 22.5 Å². The van der Waals surface area contributed by atoms with Crippen LogP contribution >= 0.6 is 11.3 Å². The third-order valence-corrected chi connectivity index (χ3v) is 5.93. The van der Waals surface area contributed by atoms with Gasteiger partial charge in [0.05, 0.1) is 0 Å². The van der Waals surface area contributed by atoms with E-state index in [4.69, 9.17) is 0 Å². The standard InChI is InChI=1S/C22H25N7S/c1-3-5-14-29-21(25-27-28-29)19-9-7-6-8-18(19)17-12-10-16(11-13-17)15-23-22-26-24-20(4-2)30-22/h6-13H,3-5,14-15H2,1-2H3,(H,23,26). The Labute approximate surface area is 180 Å². The Balaban J connectivity index is 1.53. The number of unbranched alkanes of at least 4 members (excludes halogenated alkanes) is 1. The van der Waals surface area contributed by atoms with Crippen LogP contribution in [0.3, 0.4) is 0 Å². The van der Waals surface area contributed by atoms with Gasteiger partial charge in [-0.15, -0.1) is 15.3 Å². The van der Waals surface area contributed by atoms with Gasteiger partial charge >= 0.3 is 0 Å². The molecular weight excluding hydrogens is 394 g/mol. The third-order valence-electron chi connectivity index (χ3n) is 4.90. The number of anilines is 1. The van der Waals surface area contributed by atoms with Crippen LogP contribution in [0.25, 0.3) is 22.5 Å². The van der Waals surface area contributed by atoms with E-state index < -0.39 is 0 Å². The summed E-state index contributed by atoms with van der Waals surface area (Å²) in [5.74, 6) is 0.813. The monoisotopic (exact) mass is 419 g/mol. The molecular formula is C22H25N7S. The lowest BCUT2D eigenvalue weighted by atomic mass is 9.98. The Kier molecular flexibility index (Phi) is 6.44. The lowest BCUT2D eigenvalue weighted by molar-refractivity contribution is 0.557. The van der Waals surface area contributed by atoms with Crippen molar-refractivity contribution in [2.24, 2.45) is 0 Å². The highest BCUT2D eigenvalue weighted by molar-refractivity contribution is 7.15. The van der Waals surface area contributed by atoms with Gasteiger partial charge in [0.2, 0.25) is 5.13 Å². The van der Waals surface area contributed by atoms with Gasteiger partial charge < -0.3 is 5.32 Å². The maximum absolute atomic E-state index is 4.30. The summed E-state index contributed by atoms with van der Waals surface area (Å²) in [5.41, 5.74) is 4.51. The fraction of sp³-hybridized carbons (Fsp3) is 0.318. The van der Waals surface area contributed by atoms with Gasteiger partial charge in [-0.3, -0.25) is 0 Å². The first-order valence-corrected chi connectivity index (χ1v) is 11.1. The van der Waals surface area contributed by atoms with Gasteiger partial charge in [-0.2, -0.15) is 0 Å². The van der Waals surface area contributed by atoms with Gasteiger partial charge in [0.15, 0.2) is 5.82 Å². The molecule has 0 bridgehead atoms. The zero-order valence-electron chi connectivity index (χ0n) is 17.2. The molecule has 0 saturated heterocycles. The van der Waals surface area contributed by atoms with Gasteiger partial charge in [0.1, 0.15) is 5.01 Å². The van der Waals surface area contributed by atoms with Gasteiger partial charge in [0.25, 0.3) is 0 Å². The number of rotatable bonds is 9. The lowest BCUT2D eigenvalue weighted by Gasteiger charge is -2.11. The van der Waals surface area contributed by atoms with E-state index in [0.717, 1.165) is 65.0 Å². The Morgan fingerprint density at radius 2 is 1.73 bits per heavy atom. The quantitative estimate of drug-likeness (QED) is 0.418. The first-order chi connectivity index (χ1) is 14.8. The maximum atomic E-state index is 4.30. The second-order valence-corrected chi connectivity index (χ2v) is 8.09. The van der Waals surface area contributed by atoms with Crippen LogP contribution in [0.4, 0.5) is 5.13 Å². The Morgan fingerprint density at radius 3 is 2.47 bits per heavy atom. The minimum absolute atomic E-state index is 0.718. The van der Waals surface area contributed by atoms with E-state index in [-0.39, 0.29) is 0 Å². The topological polar surface area (TPSA) is 81.4 Å². The highest BCUT2D eigenvalue weighted by Crippen LogP contribution is 2.31. The summed E-state index contributed by atoms with van der Waals surface area (Å²) >= 11 is 1.60. The number of aromatic nitrogens is 6. The molecule has 8 heteroatoms. The summed E-state index contributed by atoms with van der Waals surface area (Å²) in [6.45, 7) is 5.80. The van der Waals surface area contributed by atoms with Crippen LogP contribution in [0.1, 0.15) is 37.3 Å². The molecule has 0 atom stereocenters. The minimum Gasteiger partial charge on any atom is -0.356 e. The van der Waals surface area contributed by atoms with Crippen molar-refractivity contribution in [3.05, 3.63) is 59.1 Å². The van der Waals surface area contributed by atoms with Gasteiger partial charge in [-0.1, -0.05) is 80.1 Å². The van der Waals surface area contributed by atoms with Crippen LogP contribution < -0.4 is 5.32 Å². The number of aryl methyl sites for hydroxylation is 2. The fourth-order valence-electron chi connectivity index (χ4n) is 3.23. The summed E-state index contributed by atoms with van der Waals surface area (Å²) in [5, 5.41) is 26.0. The average molecular weight is 420 g/mol. The molecule has 2 heterocycles. The van der Waals surface area contributed by atoms with Crippen LogP contribution in [0, 0.1) is 0 Å². The number of hydrogen-bond acceptors (Lipinski definition) is 7. The lowest BCUT2D eigenvalue weighted by Crippen LogP contribution is -2.03. The van der Waals surface area contributed by atoms with Crippen molar-refractivity contribution < 1.29 is 0 Å². The van der Waals surface area contributed by atoms with E-state index in [1.807, 2.05) is 10.7 Å². The van der Waals surface area contributed by atoms with E-state index in [1.165, 1.54) is 5.56 Å². The molecule has 0 spiro atoms. The highest BCUT2D eigenvalue weighted by atomic mass is 32.1.